The van der Waals surface area contributed by atoms with Crippen molar-refractivity contribution in [3.63, 3.8) is 0 Å². The average Bonchev–Trinajstić information content (AvgIpc) is 3.34. The molecule has 2 aromatic heterocycles. The van der Waals surface area contributed by atoms with E-state index in [1.54, 1.807) is 23.4 Å². The molecule has 2 bridgehead atoms. The third-order valence-corrected chi connectivity index (χ3v) is 6.75. The number of benzene rings is 1. The van der Waals surface area contributed by atoms with Gasteiger partial charge in [-0.05, 0) is 56.2 Å². The SMILES string of the molecule is Cc1ccc(OC2CC3CCC2N(C(=O)c2cccc(C)c2-c2ncco2)C3CF)nc1. The minimum atomic E-state index is -0.567. The zero-order valence-corrected chi connectivity index (χ0v) is 18.2. The zero-order chi connectivity index (χ0) is 22.2. The zero-order valence-electron chi connectivity index (χ0n) is 18.2. The molecule has 0 radical (unpaired) electrons. The van der Waals surface area contributed by atoms with Crippen LogP contribution in [0.25, 0.3) is 11.5 Å². The lowest BCUT2D eigenvalue weighted by atomic mass is 9.72. The Hall–Kier alpha value is -3.22. The van der Waals surface area contributed by atoms with Gasteiger partial charge in [0.1, 0.15) is 19.0 Å². The van der Waals surface area contributed by atoms with Crippen LogP contribution in [0.5, 0.6) is 5.88 Å². The van der Waals surface area contributed by atoms with Crippen LogP contribution < -0.4 is 4.74 Å². The third kappa shape index (κ3) is 3.55. The summed E-state index contributed by atoms with van der Waals surface area (Å²) in [5.74, 6) is 0.777. The van der Waals surface area contributed by atoms with Crippen molar-refractivity contribution in [3.05, 3.63) is 65.7 Å². The Balaban J connectivity index is 1.50. The van der Waals surface area contributed by atoms with Gasteiger partial charge in [0.15, 0.2) is 0 Å². The van der Waals surface area contributed by atoms with Gasteiger partial charge in [0.25, 0.3) is 5.91 Å². The van der Waals surface area contributed by atoms with Crippen LogP contribution in [0.3, 0.4) is 0 Å². The summed E-state index contributed by atoms with van der Waals surface area (Å²) in [5.41, 5.74) is 3.06. The van der Waals surface area contributed by atoms with Crippen LogP contribution >= 0.6 is 0 Å². The molecule has 1 aromatic carbocycles. The molecular formula is C25H26FN3O3. The molecule has 3 fully saturated rings. The molecule has 1 amide bonds. The molecule has 3 aliphatic rings. The number of carbonyl (C=O) groups is 1. The first-order valence-electron chi connectivity index (χ1n) is 11.0. The lowest BCUT2D eigenvalue weighted by Crippen LogP contribution is -2.64. The molecule has 4 heterocycles. The fourth-order valence-corrected chi connectivity index (χ4v) is 5.21. The summed E-state index contributed by atoms with van der Waals surface area (Å²) in [6.45, 7) is 3.32. The van der Waals surface area contributed by atoms with E-state index < -0.39 is 12.7 Å². The maximum absolute atomic E-state index is 14.2. The monoisotopic (exact) mass is 435 g/mol. The Bertz CT molecular complexity index is 1100. The van der Waals surface area contributed by atoms with Crippen molar-refractivity contribution in [3.8, 4) is 17.3 Å². The van der Waals surface area contributed by atoms with Gasteiger partial charge in [-0.1, -0.05) is 18.2 Å². The van der Waals surface area contributed by atoms with Crippen LogP contribution in [0, 0.1) is 19.8 Å². The van der Waals surface area contributed by atoms with Crippen LogP contribution in [0.2, 0.25) is 0 Å². The molecule has 0 spiro atoms. The van der Waals surface area contributed by atoms with Gasteiger partial charge < -0.3 is 14.1 Å². The number of amides is 1. The number of pyridine rings is 1. The van der Waals surface area contributed by atoms with Gasteiger partial charge in [0, 0.05) is 12.3 Å². The molecule has 2 aliphatic heterocycles. The number of aryl methyl sites for hydroxylation is 2. The predicted molar refractivity (Wildman–Crippen MR) is 117 cm³/mol. The van der Waals surface area contributed by atoms with Gasteiger partial charge in [0.05, 0.1) is 29.4 Å². The van der Waals surface area contributed by atoms with E-state index in [9.17, 15) is 9.18 Å². The molecule has 6 nitrogen and oxygen atoms in total. The summed E-state index contributed by atoms with van der Waals surface area (Å²) in [5, 5.41) is 0. The number of aromatic nitrogens is 2. The van der Waals surface area contributed by atoms with Crippen molar-refractivity contribution < 1.29 is 18.3 Å². The van der Waals surface area contributed by atoms with Crippen molar-refractivity contribution in [2.24, 2.45) is 5.92 Å². The van der Waals surface area contributed by atoms with Gasteiger partial charge in [0.2, 0.25) is 11.8 Å². The highest BCUT2D eigenvalue weighted by Crippen LogP contribution is 2.43. The number of hydrogen-bond acceptors (Lipinski definition) is 5. The van der Waals surface area contributed by atoms with E-state index >= 15 is 0 Å². The van der Waals surface area contributed by atoms with E-state index in [-0.39, 0.29) is 24.0 Å². The molecule has 6 rings (SSSR count). The van der Waals surface area contributed by atoms with Gasteiger partial charge in [-0.25, -0.2) is 14.4 Å². The molecule has 4 unspecified atom stereocenters. The minimum absolute atomic E-state index is 0.0550. The maximum atomic E-state index is 14.2. The second-order valence-electron chi connectivity index (χ2n) is 8.74. The molecular weight excluding hydrogens is 409 g/mol. The highest BCUT2D eigenvalue weighted by atomic mass is 19.1. The Kier molecular flexibility index (Phi) is 5.41. The fourth-order valence-electron chi connectivity index (χ4n) is 5.21. The Morgan fingerprint density at radius 3 is 2.81 bits per heavy atom. The van der Waals surface area contributed by atoms with Crippen LogP contribution in [-0.4, -0.2) is 45.6 Å². The van der Waals surface area contributed by atoms with E-state index in [4.69, 9.17) is 9.15 Å². The summed E-state index contributed by atoms with van der Waals surface area (Å²) in [6.07, 6.45) is 6.99. The van der Waals surface area contributed by atoms with E-state index in [2.05, 4.69) is 9.97 Å². The molecule has 1 aliphatic carbocycles. The van der Waals surface area contributed by atoms with E-state index in [0.29, 0.717) is 22.9 Å². The third-order valence-electron chi connectivity index (χ3n) is 6.75. The fraction of sp³-hybridized carbons (Fsp3) is 0.400. The number of hydrogen-bond donors (Lipinski definition) is 0. The van der Waals surface area contributed by atoms with Crippen molar-refractivity contribution in [1.29, 1.82) is 0 Å². The number of halogens is 1. The summed E-state index contributed by atoms with van der Waals surface area (Å²) >= 11 is 0. The van der Waals surface area contributed by atoms with Gasteiger partial charge >= 0.3 is 0 Å². The average molecular weight is 435 g/mol. The number of nitrogens with zero attached hydrogens (tertiary/aromatic N) is 3. The number of fused-ring (bicyclic) bond motifs is 3. The first kappa shape index (κ1) is 20.7. The highest BCUT2D eigenvalue weighted by Gasteiger charge is 2.50. The molecule has 2 saturated heterocycles. The van der Waals surface area contributed by atoms with Gasteiger partial charge in [-0.15, -0.1) is 0 Å². The second-order valence-corrected chi connectivity index (χ2v) is 8.74. The summed E-state index contributed by atoms with van der Waals surface area (Å²) < 4.78 is 26.0. The first-order chi connectivity index (χ1) is 15.6. The van der Waals surface area contributed by atoms with Crippen LogP contribution in [-0.2, 0) is 0 Å². The number of rotatable bonds is 5. The molecule has 32 heavy (non-hydrogen) atoms. The van der Waals surface area contributed by atoms with Crippen LogP contribution in [0.4, 0.5) is 4.39 Å². The predicted octanol–water partition coefficient (Wildman–Crippen LogP) is 4.76. The number of alkyl halides is 1. The van der Waals surface area contributed by atoms with E-state index in [1.165, 1.54) is 6.26 Å². The number of oxazole rings is 1. The normalized spacial score (nSPS) is 24.5. The molecule has 0 N–H and O–H groups in total. The molecule has 3 aromatic rings. The Labute approximate surface area is 186 Å². The molecule has 1 saturated carbocycles. The largest absolute Gasteiger partial charge is 0.472 e. The molecule has 7 heteroatoms. The summed E-state index contributed by atoms with van der Waals surface area (Å²) in [7, 11) is 0. The van der Waals surface area contributed by atoms with Crippen molar-refractivity contribution in [2.45, 2.75) is 51.3 Å². The van der Waals surface area contributed by atoms with E-state index in [0.717, 1.165) is 30.4 Å². The number of piperidine rings is 2. The summed E-state index contributed by atoms with van der Waals surface area (Å²) in [4.78, 5) is 24.2. The summed E-state index contributed by atoms with van der Waals surface area (Å²) in [6, 6.07) is 8.65. The second kappa shape index (κ2) is 8.37. The smallest absolute Gasteiger partial charge is 0.255 e. The van der Waals surface area contributed by atoms with Crippen molar-refractivity contribution in [2.75, 3.05) is 6.67 Å². The van der Waals surface area contributed by atoms with Crippen LogP contribution in [0.15, 0.2) is 53.4 Å². The van der Waals surface area contributed by atoms with Gasteiger partial charge in [-0.3, -0.25) is 4.79 Å². The maximum Gasteiger partial charge on any atom is 0.255 e. The topological polar surface area (TPSA) is 68.5 Å². The Morgan fingerprint density at radius 1 is 1.22 bits per heavy atom. The lowest BCUT2D eigenvalue weighted by molar-refractivity contribution is -0.0703. The Morgan fingerprint density at radius 2 is 2.09 bits per heavy atom. The lowest BCUT2D eigenvalue weighted by Gasteiger charge is -2.53. The first-order valence-corrected chi connectivity index (χ1v) is 11.0. The van der Waals surface area contributed by atoms with E-state index in [1.807, 2.05) is 38.1 Å². The number of carbonyl (C=O) groups excluding carboxylic acids is 1. The van der Waals surface area contributed by atoms with Crippen molar-refractivity contribution in [1.82, 2.24) is 14.9 Å². The highest BCUT2D eigenvalue weighted by molar-refractivity contribution is 6.01. The quantitative estimate of drug-likeness (QED) is 0.578. The standard InChI is InChI=1S/C25H26FN3O3/c1-15-6-9-22(28-14-15)32-21-12-17-7-8-19(21)29(20(17)13-26)25(30)18-5-3-4-16(2)23(18)24-27-10-11-31-24/h3-6,9-11,14,17,19-21H,7-8,12-13H2,1-2H3. The minimum Gasteiger partial charge on any atom is -0.472 e. The molecule has 166 valence electrons. The number of ether oxygens (including phenoxy) is 1. The van der Waals surface area contributed by atoms with Gasteiger partial charge in [-0.2, -0.15) is 0 Å². The van der Waals surface area contributed by atoms with Crippen molar-refractivity contribution >= 4 is 5.91 Å². The molecule has 4 atom stereocenters. The van der Waals surface area contributed by atoms with Crippen LogP contribution in [0.1, 0.15) is 40.7 Å².